The highest BCUT2D eigenvalue weighted by Crippen LogP contribution is 2.24. The zero-order valence-corrected chi connectivity index (χ0v) is 18.6. The minimum Gasteiger partial charge on any atom is -0.324 e. The van der Waals surface area contributed by atoms with E-state index < -0.39 is 6.04 Å². The summed E-state index contributed by atoms with van der Waals surface area (Å²) in [4.78, 5) is 27.7. The van der Waals surface area contributed by atoms with Crippen molar-refractivity contribution in [2.45, 2.75) is 19.9 Å². The first-order chi connectivity index (χ1) is 14.8. The van der Waals surface area contributed by atoms with Crippen molar-refractivity contribution < 1.29 is 9.59 Å². The first kappa shape index (κ1) is 22.5. The smallest absolute Gasteiger partial charge is 0.246 e. The van der Waals surface area contributed by atoms with E-state index in [0.29, 0.717) is 10.7 Å². The molecule has 3 aromatic carbocycles. The van der Waals surface area contributed by atoms with Crippen LogP contribution in [-0.4, -0.2) is 30.3 Å². The second kappa shape index (κ2) is 10.2. The molecule has 0 radical (unpaired) electrons. The SMILES string of the molecule is Cc1ccc(C)c(NC(=O)[C@@H](c2ccccc2)N(C)CC(=O)Nc2ccccc2Cl)c1. The van der Waals surface area contributed by atoms with Crippen LogP contribution in [0.25, 0.3) is 0 Å². The second-order valence-corrected chi connectivity index (χ2v) is 7.97. The second-order valence-electron chi connectivity index (χ2n) is 7.56. The highest BCUT2D eigenvalue weighted by molar-refractivity contribution is 6.33. The molecule has 6 heteroatoms. The fourth-order valence-electron chi connectivity index (χ4n) is 3.38. The molecule has 0 aliphatic carbocycles. The Hall–Kier alpha value is -3.15. The number of amides is 2. The number of para-hydroxylation sites is 1. The summed E-state index contributed by atoms with van der Waals surface area (Å²) in [5, 5.41) is 6.30. The van der Waals surface area contributed by atoms with E-state index in [-0.39, 0.29) is 18.4 Å². The normalized spacial score (nSPS) is 11.8. The molecule has 2 amide bonds. The van der Waals surface area contributed by atoms with Crippen molar-refractivity contribution in [1.29, 1.82) is 0 Å². The molecule has 3 aromatic rings. The molecule has 0 heterocycles. The Balaban J connectivity index is 1.80. The molecule has 0 unspecified atom stereocenters. The van der Waals surface area contributed by atoms with E-state index in [2.05, 4.69) is 10.6 Å². The minimum atomic E-state index is -0.641. The molecule has 0 saturated heterocycles. The summed E-state index contributed by atoms with van der Waals surface area (Å²) in [6.07, 6.45) is 0. The van der Waals surface area contributed by atoms with Crippen LogP contribution in [0.4, 0.5) is 11.4 Å². The number of carbonyl (C=O) groups excluding carboxylic acids is 2. The summed E-state index contributed by atoms with van der Waals surface area (Å²) in [6.45, 7) is 3.95. The molecule has 0 aromatic heterocycles. The van der Waals surface area contributed by atoms with E-state index in [0.717, 1.165) is 22.4 Å². The highest BCUT2D eigenvalue weighted by atomic mass is 35.5. The zero-order valence-electron chi connectivity index (χ0n) is 17.9. The lowest BCUT2D eigenvalue weighted by Crippen LogP contribution is -2.39. The fraction of sp³-hybridized carbons (Fsp3) is 0.200. The van der Waals surface area contributed by atoms with Gasteiger partial charge in [0.15, 0.2) is 0 Å². The largest absolute Gasteiger partial charge is 0.324 e. The standard InChI is InChI=1S/C25H26ClN3O2/c1-17-13-14-18(2)22(15-17)28-25(31)24(19-9-5-4-6-10-19)29(3)16-23(30)27-21-12-8-7-11-20(21)26/h4-15,24H,16H2,1-3H3,(H,27,30)(H,28,31)/t24-/m1/s1. The van der Waals surface area contributed by atoms with Gasteiger partial charge in [-0.05, 0) is 55.8 Å². The Morgan fingerprint density at radius 3 is 2.29 bits per heavy atom. The molecule has 0 saturated carbocycles. The van der Waals surface area contributed by atoms with Crippen molar-refractivity contribution in [1.82, 2.24) is 4.90 Å². The van der Waals surface area contributed by atoms with Gasteiger partial charge in [0.05, 0.1) is 17.3 Å². The maximum absolute atomic E-state index is 13.3. The van der Waals surface area contributed by atoms with Crippen LogP contribution in [-0.2, 0) is 9.59 Å². The van der Waals surface area contributed by atoms with Gasteiger partial charge >= 0.3 is 0 Å². The highest BCUT2D eigenvalue weighted by Gasteiger charge is 2.27. The average Bonchev–Trinajstić information content (AvgIpc) is 2.73. The molecule has 1 atom stereocenters. The molecule has 3 rings (SSSR count). The van der Waals surface area contributed by atoms with Crippen molar-refractivity contribution >= 4 is 34.8 Å². The quantitative estimate of drug-likeness (QED) is 0.535. The third kappa shape index (κ3) is 5.94. The molecule has 2 N–H and O–H groups in total. The number of hydrogen-bond acceptors (Lipinski definition) is 3. The van der Waals surface area contributed by atoms with Gasteiger partial charge in [0, 0.05) is 5.69 Å². The summed E-state index contributed by atoms with van der Waals surface area (Å²) >= 11 is 6.14. The predicted molar refractivity (Wildman–Crippen MR) is 126 cm³/mol. The fourth-order valence-corrected chi connectivity index (χ4v) is 3.57. The summed E-state index contributed by atoms with van der Waals surface area (Å²) in [5.41, 5.74) is 4.14. The van der Waals surface area contributed by atoms with Gasteiger partial charge < -0.3 is 10.6 Å². The Labute approximate surface area is 188 Å². The van der Waals surface area contributed by atoms with Gasteiger partial charge in [-0.25, -0.2) is 0 Å². The van der Waals surface area contributed by atoms with Crippen molar-refractivity contribution in [3.8, 4) is 0 Å². The molecular weight excluding hydrogens is 410 g/mol. The van der Waals surface area contributed by atoms with Crippen LogP contribution in [0.1, 0.15) is 22.7 Å². The number of rotatable bonds is 7. The van der Waals surface area contributed by atoms with Gasteiger partial charge in [-0.1, -0.05) is 66.2 Å². The lowest BCUT2D eigenvalue weighted by molar-refractivity contribution is -0.123. The molecule has 0 aliphatic heterocycles. The third-order valence-electron chi connectivity index (χ3n) is 5.00. The van der Waals surface area contributed by atoms with Gasteiger partial charge in [-0.15, -0.1) is 0 Å². The molecule has 31 heavy (non-hydrogen) atoms. The van der Waals surface area contributed by atoms with Crippen LogP contribution in [0.15, 0.2) is 72.8 Å². The van der Waals surface area contributed by atoms with Gasteiger partial charge in [0.25, 0.3) is 0 Å². The number of likely N-dealkylation sites (N-methyl/N-ethyl adjacent to an activating group) is 1. The van der Waals surface area contributed by atoms with Crippen molar-refractivity contribution in [3.05, 3.63) is 94.5 Å². The van der Waals surface area contributed by atoms with Gasteiger partial charge in [-0.2, -0.15) is 0 Å². The van der Waals surface area contributed by atoms with Gasteiger partial charge in [0.1, 0.15) is 6.04 Å². The maximum atomic E-state index is 13.3. The monoisotopic (exact) mass is 435 g/mol. The van der Waals surface area contributed by atoms with Crippen LogP contribution < -0.4 is 10.6 Å². The molecule has 5 nitrogen and oxygen atoms in total. The van der Waals surface area contributed by atoms with Crippen LogP contribution in [0.3, 0.4) is 0 Å². The van der Waals surface area contributed by atoms with Crippen LogP contribution >= 0.6 is 11.6 Å². The first-order valence-corrected chi connectivity index (χ1v) is 10.4. The number of nitrogens with one attached hydrogen (secondary N) is 2. The predicted octanol–water partition coefficient (Wildman–Crippen LogP) is 5.21. The first-order valence-electron chi connectivity index (χ1n) is 10.0. The Morgan fingerprint density at radius 2 is 1.58 bits per heavy atom. The number of aryl methyl sites for hydroxylation is 2. The lowest BCUT2D eigenvalue weighted by atomic mass is 10.0. The number of anilines is 2. The van der Waals surface area contributed by atoms with Crippen LogP contribution in [0.2, 0.25) is 5.02 Å². The molecule has 0 fully saturated rings. The van der Waals surface area contributed by atoms with E-state index >= 15 is 0 Å². The molecule has 0 aliphatic rings. The molecule has 160 valence electrons. The summed E-state index contributed by atoms with van der Waals surface area (Å²) in [7, 11) is 1.76. The van der Waals surface area contributed by atoms with E-state index in [1.54, 1.807) is 36.2 Å². The molecular formula is C25H26ClN3O2. The summed E-state index contributed by atoms with van der Waals surface area (Å²) < 4.78 is 0. The number of nitrogens with zero attached hydrogens (tertiary/aromatic N) is 1. The number of benzene rings is 3. The van der Waals surface area contributed by atoms with E-state index in [9.17, 15) is 9.59 Å². The molecule has 0 bridgehead atoms. The lowest BCUT2D eigenvalue weighted by Gasteiger charge is -2.27. The number of carbonyl (C=O) groups is 2. The summed E-state index contributed by atoms with van der Waals surface area (Å²) in [5.74, 6) is -0.455. The van der Waals surface area contributed by atoms with Crippen LogP contribution in [0, 0.1) is 13.8 Å². The molecule has 0 spiro atoms. The Morgan fingerprint density at radius 1 is 0.903 bits per heavy atom. The number of hydrogen-bond donors (Lipinski definition) is 2. The van der Waals surface area contributed by atoms with E-state index in [1.165, 1.54) is 0 Å². The Kier molecular flexibility index (Phi) is 7.45. The minimum absolute atomic E-state index is 0.0189. The third-order valence-corrected chi connectivity index (χ3v) is 5.33. The Bertz CT molecular complexity index is 1070. The van der Waals surface area contributed by atoms with E-state index in [4.69, 9.17) is 11.6 Å². The maximum Gasteiger partial charge on any atom is 0.246 e. The topological polar surface area (TPSA) is 61.4 Å². The van der Waals surface area contributed by atoms with Gasteiger partial charge in [-0.3, -0.25) is 14.5 Å². The van der Waals surface area contributed by atoms with E-state index in [1.807, 2.05) is 62.4 Å². The van der Waals surface area contributed by atoms with Crippen LogP contribution in [0.5, 0.6) is 0 Å². The van der Waals surface area contributed by atoms with Crippen molar-refractivity contribution in [2.75, 3.05) is 24.2 Å². The summed E-state index contributed by atoms with van der Waals surface area (Å²) in [6, 6.07) is 21.8. The van der Waals surface area contributed by atoms with Crippen molar-refractivity contribution in [3.63, 3.8) is 0 Å². The van der Waals surface area contributed by atoms with Gasteiger partial charge in [0.2, 0.25) is 11.8 Å². The average molecular weight is 436 g/mol. The number of halogens is 1. The zero-order chi connectivity index (χ0) is 22.4. The van der Waals surface area contributed by atoms with Crippen molar-refractivity contribution in [2.24, 2.45) is 0 Å².